The number of aryl methyl sites for hydroxylation is 2. The monoisotopic (exact) mass is 234 g/mol. The van der Waals surface area contributed by atoms with Crippen LogP contribution in [0.1, 0.15) is 35.1 Å². The summed E-state index contributed by atoms with van der Waals surface area (Å²) in [6, 6.07) is 4.36. The maximum atomic E-state index is 11.0. The van der Waals surface area contributed by atoms with E-state index in [1.54, 1.807) is 6.08 Å². The van der Waals surface area contributed by atoms with Gasteiger partial charge in [-0.1, -0.05) is 17.7 Å². The van der Waals surface area contributed by atoms with Crippen LogP contribution in [0, 0.1) is 13.8 Å². The van der Waals surface area contributed by atoms with Gasteiger partial charge < -0.3 is 0 Å². The average Bonchev–Trinajstić information content (AvgIpc) is 2.18. The van der Waals surface area contributed by atoms with Crippen LogP contribution in [0.15, 0.2) is 18.2 Å². The summed E-state index contributed by atoms with van der Waals surface area (Å²) in [7, 11) is 0. The molecule has 0 N–H and O–H groups in total. The molecule has 1 aliphatic rings. The van der Waals surface area contributed by atoms with Gasteiger partial charge >= 0.3 is 0 Å². The van der Waals surface area contributed by atoms with E-state index in [0.29, 0.717) is 0 Å². The molecule has 2 heteroatoms. The van der Waals surface area contributed by atoms with Crippen molar-refractivity contribution in [3.8, 4) is 0 Å². The summed E-state index contributed by atoms with van der Waals surface area (Å²) >= 11 is 5.44. The van der Waals surface area contributed by atoms with Gasteiger partial charge in [-0.2, -0.15) is 0 Å². The lowest BCUT2D eigenvalue weighted by Crippen LogP contribution is -2.05. The van der Waals surface area contributed by atoms with Crippen molar-refractivity contribution in [1.82, 2.24) is 0 Å². The molecule has 0 radical (unpaired) electrons. The van der Waals surface area contributed by atoms with Gasteiger partial charge in [0.1, 0.15) is 0 Å². The Morgan fingerprint density at radius 1 is 1.31 bits per heavy atom. The predicted molar refractivity (Wildman–Crippen MR) is 67.7 cm³/mol. The summed E-state index contributed by atoms with van der Waals surface area (Å²) in [6.45, 7) is 4.22. The summed E-state index contributed by atoms with van der Waals surface area (Å²) in [5, 5.41) is -0.373. The minimum atomic E-state index is -0.373. The Morgan fingerprint density at radius 3 is 2.75 bits per heavy atom. The lowest BCUT2D eigenvalue weighted by molar-refractivity contribution is -0.107. The second-order valence-electron chi connectivity index (χ2n) is 4.44. The van der Waals surface area contributed by atoms with Crippen LogP contribution in [0.5, 0.6) is 0 Å². The molecule has 0 amide bonds. The van der Waals surface area contributed by atoms with E-state index in [9.17, 15) is 4.79 Å². The summed E-state index contributed by atoms with van der Waals surface area (Å²) < 4.78 is 0. The molecule has 0 aromatic heterocycles. The number of fused-ring (bicyclic) bond motifs is 1. The lowest BCUT2D eigenvalue weighted by atomic mass is 9.84. The first-order valence-electron chi connectivity index (χ1n) is 5.58. The number of halogens is 1. The van der Waals surface area contributed by atoms with Gasteiger partial charge in [0.2, 0.25) is 5.24 Å². The Bertz CT molecular complexity index is 472. The molecule has 0 saturated carbocycles. The van der Waals surface area contributed by atoms with Crippen molar-refractivity contribution in [2.24, 2.45) is 0 Å². The smallest absolute Gasteiger partial charge is 0.245 e. The first-order chi connectivity index (χ1) is 7.58. The van der Waals surface area contributed by atoms with Gasteiger partial charge in [0.05, 0.1) is 0 Å². The van der Waals surface area contributed by atoms with Crippen molar-refractivity contribution < 1.29 is 4.79 Å². The van der Waals surface area contributed by atoms with Gasteiger partial charge in [0, 0.05) is 6.08 Å². The Balaban J connectivity index is 2.58. The molecular weight excluding hydrogens is 220 g/mol. The highest BCUT2D eigenvalue weighted by atomic mass is 35.5. The second-order valence-corrected chi connectivity index (χ2v) is 4.81. The molecule has 0 bridgehead atoms. The van der Waals surface area contributed by atoms with Crippen molar-refractivity contribution in [2.75, 3.05) is 0 Å². The number of carbonyl (C=O) groups excluding carboxylic acids is 1. The Labute approximate surface area is 101 Å². The van der Waals surface area contributed by atoms with Gasteiger partial charge in [0.25, 0.3) is 0 Å². The third-order valence-corrected chi connectivity index (χ3v) is 3.23. The molecule has 0 aliphatic heterocycles. The molecule has 0 fully saturated rings. The lowest BCUT2D eigenvalue weighted by Gasteiger charge is -2.21. The molecule has 84 valence electrons. The van der Waals surface area contributed by atoms with E-state index >= 15 is 0 Å². The standard InChI is InChI=1S/C14H15ClO/c1-9-6-10(2)12-5-3-4-11(8-14(15)16)13(12)7-9/h6-8H,3-5H2,1-2H3/b11-8-. The van der Waals surface area contributed by atoms with Crippen LogP contribution in [0.2, 0.25) is 0 Å². The van der Waals surface area contributed by atoms with Crippen molar-refractivity contribution in [1.29, 1.82) is 0 Å². The van der Waals surface area contributed by atoms with Gasteiger partial charge in [0.15, 0.2) is 0 Å². The number of allylic oxidation sites excluding steroid dienone is 2. The van der Waals surface area contributed by atoms with E-state index < -0.39 is 0 Å². The SMILES string of the molecule is Cc1cc(C)c2c(c1)/C(=C\C(=O)Cl)CCC2. The van der Waals surface area contributed by atoms with Crippen molar-refractivity contribution in [3.05, 3.63) is 40.5 Å². The number of carbonyl (C=O) groups is 1. The summed E-state index contributed by atoms with van der Waals surface area (Å²) in [5.74, 6) is 0. The predicted octanol–water partition coefficient (Wildman–Crippen LogP) is 3.79. The Morgan fingerprint density at radius 2 is 2.06 bits per heavy atom. The molecule has 1 aliphatic carbocycles. The molecule has 0 heterocycles. The highest BCUT2D eigenvalue weighted by Gasteiger charge is 2.16. The highest BCUT2D eigenvalue weighted by Crippen LogP contribution is 2.33. The van der Waals surface area contributed by atoms with Gasteiger partial charge in [-0.05, 0) is 67.0 Å². The molecule has 1 nitrogen and oxygen atoms in total. The Kier molecular flexibility index (Phi) is 3.15. The molecule has 0 unspecified atom stereocenters. The van der Waals surface area contributed by atoms with Crippen molar-refractivity contribution in [2.45, 2.75) is 33.1 Å². The maximum Gasteiger partial charge on any atom is 0.245 e. The zero-order valence-electron chi connectivity index (χ0n) is 9.64. The first-order valence-corrected chi connectivity index (χ1v) is 5.96. The zero-order chi connectivity index (χ0) is 11.7. The molecule has 0 spiro atoms. The van der Waals surface area contributed by atoms with Crippen LogP contribution in [0.4, 0.5) is 0 Å². The second kappa shape index (κ2) is 4.42. The minimum absolute atomic E-state index is 0.373. The zero-order valence-corrected chi connectivity index (χ0v) is 10.4. The van der Waals surface area contributed by atoms with Crippen LogP contribution >= 0.6 is 11.6 Å². The largest absolute Gasteiger partial charge is 0.276 e. The van der Waals surface area contributed by atoms with E-state index in [0.717, 1.165) is 24.8 Å². The van der Waals surface area contributed by atoms with Crippen molar-refractivity contribution in [3.63, 3.8) is 0 Å². The van der Waals surface area contributed by atoms with Gasteiger partial charge in [-0.25, -0.2) is 0 Å². The topological polar surface area (TPSA) is 17.1 Å². The first kappa shape index (κ1) is 11.4. The fraction of sp³-hybridized carbons (Fsp3) is 0.357. The minimum Gasteiger partial charge on any atom is -0.276 e. The van der Waals surface area contributed by atoms with E-state index in [-0.39, 0.29) is 5.24 Å². The number of rotatable bonds is 1. The third-order valence-electron chi connectivity index (χ3n) is 3.12. The van der Waals surface area contributed by atoms with Crippen LogP contribution in [-0.4, -0.2) is 5.24 Å². The van der Waals surface area contributed by atoms with E-state index in [2.05, 4.69) is 26.0 Å². The maximum absolute atomic E-state index is 11.0. The van der Waals surface area contributed by atoms with Gasteiger partial charge in [-0.15, -0.1) is 0 Å². The fourth-order valence-electron chi connectivity index (χ4n) is 2.49. The van der Waals surface area contributed by atoms with Crippen LogP contribution in [-0.2, 0) is 11.2 Å². The fourth-order valence-corrected chi connectivity index (χ4v) is 2.62. The molecule has 0 saturated heterocycles. The summed E-state index contributed by atoms with van der Waals surface area (Å²) in [5.41, 5.74) is 6.25. The van der Waals surface area contributed by atoms with Gasteiger partial charge in [-0.3, -0.25) is 4.79 Å². The number of hydrogen-bond acceptors (Lipinski definition) is 1. The van der Waals surface area contributed by atoms with Crippen molar-refractivity contribution >= 4 is 22.4 Å². The molecular formula is C14H15ClO. The normalized spacial score (nSPS) is 17.3. The number of hydrogen-bond donors (Lipinski definition) is 0. The summed E-state index contributed by atoms with van der Waals surface area (Å²) in [4.78, 5) is 11.0. The summed E-state index contributed by atoms with van der Waals surface area (Å²) in [6.07, 6.45) is 4.73. The molecule has 2 rings (SSSR count). The molecule has 1 aromatic rings. The highest BCUT2D eigenvalue weighted by molar-refractivity contribution is 6.67. The number of benzene rings is 1. The van der Waals surface area contributed by atoms with E-state index in [1.165, 1.54) is 22.3 Å². The quantitative estimate of drug-likeness (QED) is 0.534. The molecule has 1 aromatic carbocycles. The van der Waals surface area contributed by atoms with E-state index in [4.69, 9.17) is 11.6 Å². The van der Waals surface area contributed by atoms with Crippen LogP contribution in [0.3, 0.4) is 0 Å². The van der Waals surface area contributed by atoms with Crippen LogP contribution < -0.4 is 0 Å². The van der Waals surface area contributed by atoms with Crippen LogP contribution in [0.25, 0.3) is 5.57 Å². The van der Waals surface area contributed by atoms with E-state index in [1.807, 2.05) is 0 Å². The average molecular weight is 235 g/mol. The Hall–Kier alpha value is -1.08. The third kappa shape index (κ3) is 2.19. The molecule has 0 atom stereocenters. The molecule has 16 heavy (non-hydrogen) atoms.